The first-order valence-corrected chi connectivity index (χ1v) is 32.4. The average Bonchev–Trinajstić information content (AvgIpc) is 1.24. The molecule has 0 saturated carbocycles. The van der Waals surface area contributed by atoms with Gasteiger partial charge in [0.05, 0.1) is 11.7 Å². The van der Waals surface area contributed by atoms with E-state index in [4.69, 9.17) is 0 Å². The van der Waals surface area contributed by atoms with E-state index < -0.39 is 167 Å². The second-order valence-corrected chi connectivity index (χ2v) is 28.1. The summed E-state index contributed by atoms with van der Waals surface area (Å²) in [5, 5.41) is 34.0. The number of aliphatic hydroxyl groups excluding tert-OH is 1. The smallest absolute Gasteiger partial charge is 0.246 e. The van der Waals surface area contributed by atoms with Crippen molar-refractivity contribution in [1.29, 1.82) is 0 Å². The SMILES string of the molecule is C/C=C/C[C@@H](C)[C@@H](O)[C@H]1C(=O)N[C@@H](CC)C(=O)N(C)[C@H](C)C(=O)N(C)[C@@H]([C@H](C)CCC(C)(C)O)C(=O)N[C@@H](C(C)C)C(=O)N(C)[C@@H](CC(C)C)C(=O)N[C@@H](C)C(=O)N[C@H](C)C(=O)N(C)[C@@H](CC(C)C)C(=O)N(C)[C@@H](CC(C)C)C(=O)N(C)[C@@H](C(C)C)C(=O)N1C. The molecule has 0 unspecified atom stereocenters. The van der Waals surface area contributed by atoms with E-state index in [9.17, 15) is 48.6 Å². The van der Waals surface area contributed by atoms with Crippen molar-refractivity contribution >= 4 is 65.0 Å². The van der Waals surface area contributed by atoms with E-state index in [0.717, 1.165) is 9.80 Å². The standard InChI is InChI=1S/C66H119N11O13/c1-27-29-30-42(14)54(78)53-58(82)69-46(28-2)61(85)71(20)45(17)60(84)76(25)52(41(13)31-32-66(18,19)90)57(81)70-50(39(9)10)64(88)72(21)47(33-36(3)4)56(80)67-43(15)55(79)68-44(16)59(83)73(22)48(34-37(5)6)62(86)74(23)49(35-38(7)8)63(87)75(24)51(40(11)12)65(89)77(53)26/h27,29,36-54,78,90H,28,30-35H2,1-26H3,(H,67,80)(H,68,79)(H,69,82)(H,70,81)/b29-27+/t41-,42-,43+,44-,45-,46+,47+,48+,49+,50+,51+,52+,53+,54-/m1/s1. The summed E-state index contributed by atoms with van der Waals surface area (Å²) < 4.78 is 0. The molecule has 0 spiro atoms. The Hall–Kier alpha value is -6.17. The maximum atomic E-state index is 15.2. The van der Waals surface area contributed by atoms with Crippen molar-refractivity contribution in [3.05, 3.63) is 12.2 Å². The first-order chi connectivity index (χ1) is 41.3. The lowest BCUT2D eigenvalue weighted by Gasteiger charge is -2.41. The molecular weight excluding hydrogens is 1150 g/mol. The second-order valence-electron chi connectivity index (χ2n) is 28.1. The summed E-state index contributed by atoms with van der Waals surface area (Å²) in [6, 6.07) is -14.1. The van der Waals surface area contributed by atoms with Gasteiger partial charge in [0.1, 0.15) is 66.5 Å². The zero-order chi connectivity index (χ0) is 70.1. The molecule has 0 aliphatic carbocycles. The second kappa shape index (κ2) is 36.2. The van der Waals surface area contributed by atoms with Gasteiger partial charge >= 0.3 is 0 Å². The zero-order valence-corrected chi connectivity index (χ0v) is 59.6. The number of nitrogens with zero attached hydrogens (tertiary/aromatic N) is 7. The molecule has 0 radical (unpaired) electrons. The summed E-state index contributed by atoms with van der Waals surface area (Å²) in [5.74, 6) is -10.7. The number of hydrogen-bond donors (Lipinski definition) is 6. The molecule has 1 aliphatic rings. The maximum Gasteiger partial charge on any atom is 0.246 e. The van der Waals surface area contributed by atoms with Crippen LogP contribution in [-0.2, 0) is 52.7 Å². The van der Waals surface area contributed by atoms with Crippen molar-refractivity contribution in [2.24, 2.45) is 41.4 Å². The number of allylic oxidation sites excluding steroid dienone is 2. The molecule has 0 bridgehead atoms. The van der Waals surface area contributed by atoms with Crippen LogP contribution in [0, 0.1) is 41.4 Å². The van der Waals surface area contributed by atoms with Crippen molar-refractivity contribution in [1.82, 2.24) is 55.6 Å². The summed E-state index contributed by atoms with van der Waals surface area (Å²) in [6.45, 7) is 32.4. The van der Waals surface area contributed by atoms with E-state index in [2.05, 4.69) is 21.3 Å². The van der Waals surface area contributed by atoms with E-state index in [0.29, 0.717) is 6.42 Å². The molecule has 24 nitrogen and oxygen atoms in total. The average molecular weight is 1270 g/mol. The molecule has 6 N–H and O–H groups in total. The van der Waals surface area contributed by atoms with Crippen LogP contribution >= 0.6 is 0 Å². The number of carbonyl (C=O) groups excluding carboxylic acids is 11. The van der Waals surface area contributed by atoms with Crippen molar-refractivity contribution in [2.45, 2.75) is 255 Å². The largest absolute Gasteiger partial charge is 0.390 e. The van der Waals surface area contributed by atoms with Crippen LogP contribution in [0.1, 0.15) is 176 Å². The van der Waals surface area contributed by atoms with E-state index in [1.807, 2.05) is 41.5 Å². The lowest BCUT2D eigenvalue weighted by molar-refractivity contribution is -0.157. The Morgan fingerprint density at radius 1 is 0.478 bits per heavy atom. The fourth-order valence-corrected chi connectivity index (χ4v) is 11.5. The van der Waals surface area contributed by atoms with Crippen LogP contribution in [0.25, 0.3) is 0 Å². The molecule has 1 aliphatic heterocycles. The first-order valence-electron chi connectivity index (χ1n) is 32.4. The van der Waals surface area contributed by atoms with E-state index >= 15 is 14.4 Å². The zero-order valence-electron chi connectivity index (χ0n) is 59.6. The van der Waals surface area contributed by atoms with Gasteiger partial charge in [-0.2, -0.15) is 0 Å². The molecule has 0 aromatic rings. The summed E-state index contributed by atoms with van der Waals surface area (Å²) >= 11 is 0. The molecular formula is C66H119N11O13. The molecule has 1 heterocycles. The van der Waals surface area contributed by atoms with Crippen molar-refractivity contribution in [2.75, 3.05) is 49.3 Å². The minimum absolute atomic E-state index is 0.0115. The number of nitrogens with one attached hydrogen (secondary N) is 4. The third-order valence-electron chi connectivity index (χ3n) is 17.5. The molecule has 14 atom stereocenters. The van der Waals surface area contributed by atoms with Crippen molar-refractivity contribution in [3.63, 3.8) is 0 Å². The number of aliphatic hydroxyl groups is 2. The minimum Gasteiger partial charge on any atom is -0.390 e. The van der Waals surface area contributed by atoms with Crippen LogP contribution in [-0.4, -0.2) is 237 Å². The highest BCUT2D eigenvalue weighted by Gasteiger charge is 2.46. The van der Waals surface area contributed by atoms with Crippen molar-refractivity contribution in [3.8, 4) is 0 Å². The summed E-state index contributed by atoms with van der Waals surface area (Å²) in [6.07, 6.45) is 3.19. The third-order valence-corrected chi connectivity index (χ3v) is 17.5. The predicted molar refractivity (Wildman–Crippen MR) is 348 cm³/mol. The Labute approximate surface area is 539 Å². The molecule has 516 valence electrons. The molecule has 1 rings (SSSR count). The molecule has 1 saturated heterocycles. The lowest BCUT2D eigenvalue weighted by atomic mass is 9.89. The van der Waals surface area contributed by atoms with Gasteiger partial charge in [0, 0.05) is 49.3 Å². The van der Waals surface area contributed by atoms with Crippen LogP contribution in [0.2, 0.25) is 0 Å². The molecule has 11 amide bonds. The fraction of sp³-hybridized carbons (Fsp3) is 0.803. The van der Waals surface area contributed by atoms with Crippen LogP contribution < -0.4 is 21.3 Å². The number of rotatable bonds is 17. The highest BCUT2D eigenvalue weighted by Crippen LogP contribution is 2.27. The van der Waals surface area contributed by atoms with Crippen LogP contribution in [0.3, 0.4) is 0 Å². The van der Waals surface area contributed by atoms with E-state index in [1.54, 1.807) is 81.4 Å². The normalized spacial score (nSPS) is 27.4. The molecule has 24 heteroatoms. The van der Waals surface area contributed by atoms with Gasteiger partial charge in [0.15, 0.2) is 0 Å². The Bertz CT molecular complexity index is 2480. The van der Waals surface area contributed by atoms with Gasteiger partial charge in [-0.25, -0.2) is 0 Å². The first kappa shape index (κ1) is 81.8. The fourth-order valence-electron chi connectivity index (χ4n) is 11.5. The number of likely N-dealkylation sites (N-methyl/N-ethyl adjacent to an activating group) is 7. The topological polar surface area (TPSA) is 299 Å². The van der Waals surface area contributed by atoms with E-state index in [-0.39, 0.29) is 56.3 Å². The number of amides is 11. The molecule has 1 fully saturated rings. The van der Waals surface area contributed by atoms with Gasteiger partial charge in [-0.1, -0.05) is 102 Å². The Kier molecular flexibility index (Phi) is 32.9. The molecule has 0 aromatic carbocycles. The Morgan fingerprint density at radius 3 is 1.37 bits per heavy atom. The van der Waals surface area contributed by atoms with Crippen LogP contribution in [0.15, 0.2) is 12.2 Å². The van der Waals surface area contributed by atoms with Gasteiger partial charge < -0.3 is 65.8 Å². The van der Waals surface area contributed by atoms with Gasteiger partial charge in [0.25, 0.3) is 0 Å². The molecule has 90 heavy (non-hydrogen) atoms. The van der Waals surface area contributed by atoms with Gasteiger partial charge in [-0.15, -0.1) is 0 Å². The summed E-state index contributed by atoms with van der Waals surface area (Å²) in [7, 11) is 9.86. The Morgan fingerprint density at radius 2 is 0.911 bits per heavy atom. The number of carbonyl (C=O) groups is 11. The van der Waals surface area contributed by atoms with E-state index in [1.165, 1.54) is 94.6 Å². The minimum atomic E-state index is -1.64. The lowest BCUT2D eigenvalue weighted by Crippen LogP contribution is -2.64. The molecule has 0 aromatic heterocycles. The quantitative estimate of drug-likeness (QED) is 0.113. The van der Waals surface area contributed by atoms with Crippen LogP contribution in [0.5, 0.6) is 0 Å². The monoisotopic (exact) mass is 1270 g/mol. The maximum absolute atomic E-state index is 15.2. The highest BCUT2D eigenvalue weighted by atomic mass is 16.3. The highest BCUT2D eigenvalue weighted by molar-refractivity contribution is 6.00. The Balaban J connectivity index is 4.46. The number of hydrogen-bond acceptors (Lipinski definition) is 13. The summed E-state index contributed by atoms with van der Waals surface area (Å²) in [5.41, 5.74) is -1.17. The van der Waals surface area contributed by atoms with Gasteiger partial charge in [-0.3, -0.25) is 52.7 Å². The van der Waals surface area contributed by atoms with Gasteiger partial charge in [-0.05, 0) is 128 Å². The third kappa shape index (κ3) is 22.6. The predicted octanol–water partition coefficient (Wildman–Crippen LogP) is 3.80. The van der Waals surface area contributed by atoms with Crippen LogP contribution in [0.4, 0.5) is 0 Å². The van der Waals surface area contributed by atoms with Crippen molar-refractivity contribution < 1.29 is 63.0 Å². The summed E-state index contributed by atoms with van der Waals surface area (Å²) in [4.78, 5) is 171. The van der Waals surface area contributed by atoms with Gasteiger partial charge in [0.2, 0.25) is 65.0 Å².